The van der Waals surface area contributed by atoms with Gasteiger partial charge in [0.25, 0.3) is 0 Å². The van der Waals surface area contributed by atoms with Crippen LogP contribution >= 0.6 is 23.2 Å². The molecule has 0 aromatic heterocycles. The summed E-state index contributed by atoms with van der Waals surface area (Å²) in [6.07, 6.45) is 3.50. The van der Waals surface area contributed by atoms with Crippen LogP contribution in [0, 0.1) is 6.92 Å². The molecule has 3 aromatic rings. The van der Waals surface area contributed by atoms with E-state index >= 15 is 0 Å². The minimum absolute atomic E-state index is 0.308. The number of methoxy groups -OCH3 is 1. The van der Waals surface area contributed by atoms with Gasteiger partial charge in [0.15, 0.2) is 11.5 Å². The maximum absolute atomic E-state index is 12.3. The molecular weight excluding hydrogens is 447 g/mol. The Morgan fingerprint density at radius 2 is 1.72 bits per heavy atom. The van der Waals surface area contributed by atoms with E-state index < -0.39 is 0 Å². The third-order valence-corrected chi connectivity index (χ3v) is 5.69. The van der Waals surface area contributed by atoms with E-state index in [2.05, 4.69) is 0 Å². The third kappa shape index (κ3) is 4.98. The summed E-state index contributed by atoms with van der Waals surface area (Å²) in [6, 6.07) is 18.6. The summed E-state index contributed by atoms with van der Waals surface area (Å²) < 4.78 is 16.8. The molecule has 0 saturated heterocycles. The van der Waals surface area contributed by atoms with E-state index in [1.165, 1.54) is 0 Å². The molecule has 0 saturated carbocycles. The van der Waals surface area contributed by atoms with Crippen molar-refractivity contribution in [3.05, 3.63) is 105 Å². The molecule has 0 fully saturated rings. The second kappa shape index (κ2) is 9.51. The van der Waals surface area contributed by atoms with Crippen molar-refractivity contribution in [3.63, 3.8) is 0 Å². The van der Waals surface area contributed by atoms with Crippen molar-refractivity contribution in [1.82, 2.24) is 0 Å². The Morgan fingerprint density at radius 1 is 0.938 bits per heavy atom. The largest absolute Gasteiger partial charge is 0.493 e. The molecule has 1 aliphatic heterocycles. The molecule has 3 aromatic carbocycles. The Bertz CT molecular complexity index is 1230. The van der Waals surface area contributed by atoms with E-state index in [0.717, 1.165) is 22.3 Å². The summed E-state index contributed by atoms with van der Waals surface area (Å²) in [7, 11) is 1.57. The Hall–Kier alpha value is -3.21. The van der Waals surface area contributed by atoms with Gasteiger partial charge in [-0.2, -0.15) is 0 Å². The van der Waals surface area contributed by atoms with Crippen LogP contribution in [0.3, 0.4) is 0 Å². The smallest absolute Gasteiger partial charge is 0.343 e. The summed E-state index contributed by atoms with van der Waals surface area (Å²) >= 11 is 12.0. The molecule has 32 heavy (non-hydrogen) atoms. The van der Waals surface area contributed by atoms with Crippen molar-refractivity contribution < 1.29 is 19.0 Å². The fourth-order valence-corrected chi connectivity index (χ4v) is 3.53. The first-order chi connectivity index (χ1) is 15.4. The molecule has 6 heteroatoms. The summed E-state index contributed by atoms with van der Waals surface area (Å²) in [4.78, 5) is 12.3. The molecule has 0 N–H and O–H groups in total. The van der Waals surface area contributed by atoms with Gasteiger partial charge in [-0.05, 0) is 54.5 Å². The summed E-state index contributed by atoms with van der Waals surface area (Å²) in [6.45, 7) is 2.32. The van der Waals surface area contributed by atoms with E-state index in [0.29, 0.717) is 39.5 Å². The van der Waals surface area contributed by atoms with Crippen molar-refractivity contribution in [1.29, 1.82) is 0 Å². The van der Waals surface area contributed by atoms with Gasteiger partial charge in [0.05, 0.1) is 22.7 Å². The minimum Gasteiger partial charge on any atom is -0.493 e. The van der Waals surface area contributed by atoms with Crippen LogP contribution in [0.2, 0.25) is 10.0 Å². The van der Waals surface area contributed by atoms with E-state index in [1.807, 2.05) is 49.4 Å². The molecular formula is C26H20Cl2O4. The van der Waals surface area contributed by atoms with Crippen molar-refractivity contribution in [3.8, 4) is 11.5 Å². The lowest BCUT2D eigenvalue weighted by molar-refractivity contribution is -0.130. The molecule has 0 bridgehead atoms. The number of hydrogen-bond acceptors (Lipinski definition) is 4. The first kappa shape index (κ1) is 22.0. The lowest BCUT2D eigenvalue weighted by Crippen LogP contribution is -1.99. The maximum atomic E-state index is 12.3. The first-order valence-electron chi connectivity index (χ1n) is 9.90. The van der Waals surface area contributed by atoms with Gasteiger partial charge in [-0.15, -0.1) is 0 Å². The standard InChI is InChI=1S/C26H20Cl2O4/c1-16-3-7-19(8-4-16)24-14-20(26(29)32-24)11-17-6-10-23(25(13-17)30-2)31-15-18-5-9-21(27)22(28)12-18/h3-14H,15H2,1-2H3/b20-11+. The number of rotatable bonds is 6. The van der Waals surface area contributed by atoms with Gasteiger partial charge in [-0.3, -0.25) is 0 Å². The molecule has 0 spiro atoms. The van der Waals surface area contributed by atoms with E-state index in [9.17, 15) is 4.79 Å². The number of aryl methyl sites for hydroxylation is 1. The summed E-state index contributed by atoms with van der Waals surface area (Å²) in [5, 5.41) is 0.971. The monoisotopic (exact) mass is 466 g/mol. The van der Waals surface area contributed by atoms with Crippen LogP contribution in [-0.4, -0.2) is 13.1 Å². The molecule has 4 nitrogen and oxygen atoms in total. The van der Waals surface area contributed by atoms with Crippen LogP contribution in [0.4, 0.5) is 0 Å². The highest BCUT2D eigenvalue weighted by molar-refractivity contribution is 6.42. The Labute approximate surface area is 196 Å². The number of benzene rings is 3. The minimum atomic E-state index is -0.389. The summed E-state index contributed by atoms with van der Waals surface area (Å²) in [5.74, 6) is 1.27. The fourth-order valence-electron chi connectivity index (χ4n) is 3.21. The molecule has 162 valence electrons. The number of ether oxygens (including phenoxy) is 3. The number of hydrogen-bond donors (Lipinski definition) is 0. The van der Waals surface area contributed by atoms with E-state index in [4.69, 9.17) is 37.4 Å². The lowest BCUT2D eigenvalue weighted by Gasteiger charge is -2.12. The van der Waals surface area contributed by atoms with E-state index in [-0.39, 0.29) is 5.97 Å². The zero-order valence-corrected chi connectivity index (χ0v) is 19.0. The quantitative estimate of drug-likeness (QED) is 0.293. The fraction of sp³-hybridized carbons (Fsp3) is 0.115. The van der Waals surface area contributed by atoms with Gasteiger partial charge in [-0.25, -0.2) is 4.79 Å². The van der Waals surface area contributed by atoms with Gasteiger partial charge in [0.1, 0.15) is 12.4 Å². The number of cyclic esters (lactones) is 1. The van der Waals surface area contributed by atoms with Gasteiger partial charge in [0, 0.05) is 5.56 Å². The van der Waals surface area contributed by atoms with Crippen LogP contribution in [0.15, 0.2) is 72.3 Å². The molecule has 4 rings (SSSR count). The SMILES string of the molecule is COc1cc(/C=C2\C=C(c3ccc(C)cc3)OC2=O)ccc1OCc1ccc(Cl)c(Cl)c1. The van der Waals surface area contributed by atoms with Crippen LogP contribution < -0.4 is 9.47 Å². The summed E-state index contributed by atoms with van der Waals surface area (Å²) in [5.41, 5.74) is 4.14. The number of halogens is 2. The lowest BCUT2D eigenvalue weighted by atomic mass is 10.1. The predicted octanol–water partition coefficient (Wildman–Crippen LogP) is 6.87. The average molecular weight is 467 g/mol. The number of carbonyl (C=O) groups excluding carboxylic acids is 1. The molecule has 1 heterocycles. The highest BCUT2D eigenvalue weighted by Gasteiger charge is 2.22. The molecule has 0 radical (unpaired) electrons. The van der Waals surface area contributed by atoms with Crippen LogP contribution in [0.5, 0.6) is 11.5 Å². The second-order valence-electron chi connectivity index (χ2n) is 7.31. The van der Waals surface area contributed by atoms with Gasteiger partial charge >= 0.3 is 5.97 Å². The van der Waals surface area contributed by atoms with Gasteiger partial charge < -0.3 is 14.2 Å². The molecule has 0 atom stereocenters. The van der Waals surface area contributed by atoms with Crippen LogP contribution in [0.1, 0.15) is 22.3 Å². The average Bonchev–Trinajstić information content (AvgIpc) is 3.15. The van der Waals surface area contributed by atoms with Crippen molar-refractivity contribution in [2.24, 2.45) is 0 Å². The Kier molecular flexibility index (Phi) is 6.54. The molecule has 0 unspecified atom stereocenters. The highest BCUT2D eigenvalue weighted by atomic mass is 35.5. The van der Waals surface area contributed by atoms with Crippen molar-refractivity contribution in [2.75, 3.05) is 7.11 Å². The van der Waals surface area contributed by atoms with Crippen molar-refractivity contribution in [2.45, 2.75) is 13.5 Å². The Balaban J connectivity index is 1.53. The number of carbonyl (C=O) groups is 1. The zero-order valence-electron chi connectivity index (χ0n) is 17.5. The first-order valence-corrected chi connectivity index (χ1v) is 10.7. The van der Waals surface area contributed by atoms with Crippen LogP contribution in [-0.2, 0) is 16.1 Å². The van der Waals surface area contributed by atoms with Gasteiger partial charge in [-0.1, -0.05) is 65.2 Å². The van der Waals surface area contributed by atoms with Crippen LogP contribution in [0.25, 0.3) is 11.8 Å². The maximum Gasteiger partial charge on any atom is 0.343 e. The molecule has 0 aliphatic carbocycles. The highest BCUT2D eigenvalue weighted by Crippen LogP contribution is 2.32. The van der Waals surface area contributed by atoms with E-state index in [1.54, 1.807) is 37.5 Å². The predicted molar refractivity (Wildman–Crippen MR) is 127 cm³/mol. The topological polar surface area (TPSA) is 44.8 Å². The number of esters is 1. The normalized spacial score (nSPS) is 14.3. The molecule has 0 amide bonds. The van der Waals surface area contributed by atoms with Gasteiger partial charge in [0.2, 0.25) is 0 Å². The Morgan fingerprint density at radius 3 is 2.44 bits per heavy atom. The van der Waals surface area contributed by atoms with Crippen molar-refractivity contribution >= 4 is 41.0 Å². The zero-order chi connectivity index (χ0) is 22.7. The molecule has 1 aliphatic rings. The second-order valence-corrected chi connectivity index (χ2v) is 8.13. The third-order valence-electron chi connectivity index (χ3n) is 4.95.